The van der Waals surface area contributed by atoms with Crippen molar-refractivity contribution >= 4 is 12.3 Å². The lowest BCUT2D eigenvalue weighted by Crippen LogP contribution is -2.48. The number of alkyl halides is 3. The van der Waals surface area contributed by atoms with Gasteiger partial charge in [-0.15, -0.1) is 0 Å². The van der Waals surface area contributed by atoms with Crippen molar-refractivity contribution in [2.24, 2.45) is 0 Å². The molecule has 22 heavy (non-hydrogen) atoms. The fourth-order valence-electron chi connectivity index (χ4n) is 2.07. The highest BCUT2D eigenvalue weighted by atomic mass is 19.4. The topological polar surface area (TPSA) is 49.9 Å². The van der Waals surface area contributed by atoms with E-state index in [2.05, 4.69) is 4.74 Å². The minimum Gasteiger partial charge on any atom is -0.484 e. The minimum absolute atomic E-state index is 0.0552. The summed E-state index contributed by atoms with van der Waals surface area (Å²) < 4.78 is 40.7. The summed E-state index contributed by atoms with van der Waals surface area (Å²) in [6.45, 7) is 0.450. The first-order valence-electron chi connectivity index (χ1n) is 6.67. The molecule has 1 aliphatic rings. The van der Waals surface area contributed by atoms with E-state index < -0.39 is 12.8 Å². The molecule has 8 heteroatoms. The average molecular weight is 316 g/mol. The molecular weight excluding hydrogens is 301 g/mol. The Balaban J connectivity index is 1.92. The Morgan fingerprint density at radius 1 is 1.14 bits per heavy atom. The van der Waals surface area contributed by atoms with Crippen molar-refractivity contribution in [3.63, 3.8) is 0 Å². The van der Waals surface area contributed by atoms with Crippen LogP contribution in [0.2, 0.25) is 0 Å². The monoisotopic (exact) mass is 316 g/mol. The zero-order valence-corrected chi connectivity index (χ0v) is 11.7. The van der Waals surface area contributed by atoms with E-state index >= 15 is 0 Å². The minimum atomic E-state index is -4.40. The van der Waals surface area contributed by atoms with Gasteiger partial charge in [0.2, 0.25) is 6.41 Å². The first-order valence-corrected chi connectivity index (χ1v) is 6.67. The Kier molecular flexibility index (Phi) is 4.89. The number of benzene rings is 1. The van der Waals surface area contributed by atoms with E-state index in [9.17, 15) is 22.8 Å². The molecule has 0 N–H and O–H groups in total. The fourth-order valence-corrected chi connectivity index (χ4v) is 2.07. The number of hydrogen-bond donors (Lipinski definition) is 0. The van der Waals surface area contributed by atoms with Crippen LogP contribution in [-0.4, -0.2) is 61.1 Å². The molecule has 1 saturated heterocycles. The van der Waals surface area contributed by atoms with E-state index in [0.717, 1.165) is 6.41 Å². The summed E-state index contributed by atoms with van der Waals surface area (Å²) in [5, 5.41) is 0. The zero-order chi connectivity index (χ0) is 16.2. The largest absolute Gasteiger partial charge is 0.484 e. The molecule has 0 atom stereocenters. The lowest BCUT2D eigenvalue weighted by atomic mass is 10.1. The molecule has 0 spiro atoms. The van der Waals surface area contributed by atoms with Crippen LogP contribution in [0.15, 0.2) is 24.3 Å². The molecule has 5 nitrogen and oxygen atoms in total. The number of hydrogen-bond acceptors (Lipinski definition) is 3. The number of amides is 2. The van der Waals surface area contributed by atoms with E-state index in [1.807, 2.05) is 0 Å². The maximum absolute atomic E-state index is 12.2. The SMILES string of the molecule is O=CN1CCN(C(=O)c2ccc(OCC(F)(F)F)cc2)CC1. The number of halogens is 3. The van der Waals surface area contributed by atoms with Crippen molar-refractivity contribution in [1.82, 2.24) is 9.80 Å². The third-order valence-electron chi connectivity index (χ3n) is 3.25. The van der Waals surface area contributed by atoms with Crippen LogP contribution < -0.4 is 4.74 Å². The van der Waals surface area contributed by atoms with Crippen LogP contribution in [0.1, 0.15) is 10.4 Å². The van der Waals surface area contributed by atoms with Crippen LogP contribution in [0.25, 0.3) is 0 Å². The van der Waals surface area contributed by atoms with Crippen molar-refractivity contribution in [3.05, 3.63) is 29.8 Å². The van der Waals surface area contributed by atoms with Crippen molar-refractivity contribution in [2.45, 2.75) is 6.18 Å². The Bertz CT molecular complexity index is 523. The van der Waals surface area contributed by atoms with Gasteiger partial charge < -0.3 is 14.5 Å². The Morgan fingerprint density at radius 3 is 2.23 bits per heavy atom. The molecule has 1 fully saturated rings. The zero-order valence-electron chi connectivity index (χ0n) is 11.7. The third-order valence-corrected chi connectivity index (χ3v) is 3.25. The molecule has 0 radical (unpaired) electrons. The fraction of sp³-hybridized carbons (Fsp3) is 0.429. The van der Waals surface area contributed by atoms with Crippen LogP contribution in [0.5, 0.6) is 5.75 Å². The van der Waals surface area contributed by atoms with E-state index in [1.54, 1.807) is 9.80 Å². The summed E-state index contributed by atoms with van der Waals surface area (Å²) >= 11 is 0. The van der Waals surface area contributed by atoms with Gasteiger partial charge in [0.15, 0.2) is 6.61 Å². The van der Waals surface area contributed by atoms with Gasteiger partial charge in [0.1, 0.15) is 5.75 Å². The molecule has 0 bridgehead atoms. The predicted octanol–water partition coefficient (Wildman–Crippen LogP) is 1.54. The summed E-state index contributed by atoms with van der Waals surface area (Å²) in [5.74, 6) is -0.160. The quantitative estimate of drug-likeness (QED) is 0.792. The van der Waals surface area contributed by atoms with E-state index in [0.29, 0.717) is 31.7 Å². The van der Waals surface area contributed by atoms with Crippen LogP contribution in [0, 0.1) is 0 Å². The molecule has 1 heterocycles. The lowest BCUT2D eigenvalue weighted by Gasteiger charge is -2.32. The number of ether oxygens (including phenoxy) is 1. The number of carbonyl (C=O) groups excluding carboxylic acids is 2. The van der Waals surface area contributed by atoms with Crippen molar-refractivity contribution in [1.29, 1.82) is 0 Å². The molecule has 2 amide bonds. The Labute approximate surface area is 125 Å². The van der Waals surface area contributed by atoms with Gasteiger partial charge in [-0.3, -0.25) is 9.59 Å². The lowest BCUT2D eigenvalue weighted by molar-refractivity contribution is -0.153. The standard InChI is InChI=1S/C14H15F3N2O3/c15-14(16,17)9-22-12-3-1-11(2-4-12)13(21)19-7-5-18(10-20)6-8-19/h1-4,10H,5-9H2. The van der Waals surface area contributed by atoms with E-state index in [-0.39, 0.29) is 11.7 Å². The molecule has 1 aliphatic heterocycles. The van der Waals surface area contributed by atoms with Gasteiger partial charge in [0, 0.05) is 31.7 Å². The average Bonchev–Trinajstić information content (AvgIpc) is 2.52. The van der Waals surface area contributed by atoms with Gasteiger partial charge in [-0.05, 0) is 24.3 Å². The highest BCUT2D eigenvalue weighted by molar-refractivity contribution is 5.94. The van der Waals surface area contributed by atoms with Gasteiger partial charge in [-0.1, -0.05) is 0 Å². The summed E-state index contributed by atoms with van der Waals surface area (Å²) in [6.07, 6.45) is -3.65. The summed E-state index contributed by atoms with van der Waals surface area (Å²) in [4.78, 5) is 26.0. The molecule has 1 aromatic carbocycles. The van der Waals surface area contributed by atoms with Crippen molar-refractivity contribution < 1.29 is 27.5 Å². The number of carbonyl (C=O) groups is 2. The number of nitrogens with zero attached hydrogens (tertiary/aromatic N) is 2. The maximum atomic E-state index is 12.2. The molecule has 0 saturated carbocycles. The van der Waals surface area contributed by atoms with Crippen LogP contribution in [-0.2, 0) is 4.79 Å². The van der Waals surface area contributed by atoms with Gasteiger partial charge in [0.05, 0.1) is 0 Å². The van der Waals surface area contributed by atoms with Crippen LogP contribution in [0.3, 0.4) is 0 Å². The van der Waals surface area contributed by atoms with Crippen LogP contribution >= 0.6 is 0 Å². The van der Waals surface area contributed by atoms with Crippen molar-refractivity contribution in [2.75, 3.05) is 32.8 Å². The number of rotatable bonds is 4. The van der Waals surface area contributed by atoms with Crippen molar-refractivity contribution in [3.8, 4) is 5.75 Å². The summed E-state index contributed by atoms with van der Waals surface area (Å²) in [5.41, 5.74) is 0.374. The summed E-state index contributed by atoms with van der Waals surface area (Å²) in [6, 6.07) is 5.53. The van der Waals surface area contributed by atoms with Gasteiger partial charge in [0.25, 0.3) is 5.91 Å². The predicted molar refractivity (Wildman–Crippen MR) is 71.5 cm³/mol. The summed E-state index contributed by atoms with van der Waals surface area (Å²) in [7, 11) is 0. The second-order valence-electron chi connectivity index (χ2n) is 4.86. The van der Waals surface area contributed by atoms with Gasteiger partial charge in [-0.25, -0.2) is 0 Å². The van der Waals surface area contributed by atoms with Gasteiger partial charge in [-0.2, -0.15) is 13.2 Å². The first kappa shape index (κ1) is 16.1. The van der Waals surface area contributed by atoms with E-state index in [4.69, 9.17) is 0 Å². The highest BCUT2D eigenvalue weighted by Gasteiger charge is 2.28. The van der Waals surface area contributed by atoms with Gasteiger partial charge >= 0.3 is 6.18 Å². The molecule has 0 aromatic heterocycles. The smallest absolute Gasteiger partial charge is 0.422 e. The first-order chi connectivity index (χ1) is 10.4. The number of piperazine rings is 1. The second-order valence-corrected chi connectivity index (χ2v) is 4.86. The normalized spacial score (nSPS) is 15.6. The maximum Gasteiger partial charge on any atom is 0.422 e. The van der Waals surface area contributed by atoms with Crippen LogP contribution in [0.4, 0.5) is 13.2 Å². The van der Waals surface area contributed by atoms with E-state index in [1.165, 1.54) is 24.3 Å². The molecular formula is C14H15F3N2O3. The molecule has 120 valence electrons. The highest BCUT2D eigenvalue weighted by Crippen LogP contribution is 2.19. The third kappa shape index (κ3) is 4.37. The Hall–Kier alpha value is -2.25. The molecule has 0 aliphatic carbocycles. The molecule has 1 aromatic rings. The Morgan fingerprint density at radius 2 is 1.73 bits per heavy atom. The molecule has 0 unspecified atom stereocenters. The molecule has 2 rings (SSSR count). The second kappa shape index (κ2) is 6.67.